The van der Waals surface area contributed by atoms with E-state index in [2.05, 4.69) is 22.4 Å². The van der Waals surface area contributed by atoms with Crippen LogP contribution < -0.4 is 5.32 Å². The molecule has 1 aliphatic heterocycles. The number of pyridine rings is 1. The molecule has 0 bridgehead atoms. The number of nitrogens with zero attached hydrogens (tertiary/aromatic N) is 1. The van der Waals surface area contributed by atoms with E-state index in [1.54, 1.807) is 12.4 Å². The lowest BCUT2D eigenvalue weighted by atomic mass is 9.86. The van der Waals surface area contributed by atoms with Gasteiger partial charge in [0.05, 0.1) is 5.56 Å². The van der Waals surface area contributed by atoms with Crippen molar-refractivity contribution in [2.45, 2.75) is 5.92 Å². The van der Waals surface area contributed by atoms with E-state index in [0.29, 0.717) is 12.1 Å². The highest BCUT2D eigenvalue weighted by atomic mass is 16.1. The maximum Gasteiger partial charge on any atom is 0.253 e. The van der Waals surface area contributed by atoms with Gasteiger partial charge in [0.2, 0.25) is 0 Å². The van der Waals surface area contributed by atoms with Gasteiger partial charge < -0.3 is 5.32 Å². The summed E-state index contributed by atoms with van der Waals surface area (Å²) in [6, 6.07) is 12.2. The Kier molecular flexibility index (Phi) is 2.37. The Bertz CT molecular complexity index is 551. The summed E-state index contributed by atoms with van der Waals surface area (Å²) >= 11 is 0. The lowest BCUT2D eigenvalue weighted by Crippen LogP contribution is -2.35. The predicted molar refractivity (Wildman–Crippen MR) is 64.9 cm³/mol. The maximum atomic E-state index is 11.7. The Labute approximate surface area is 99.5 Å². The van der Waals surface area contributed by atoms with Crippen LogP contribution in [0.2, 0.25) is 0 Å². The topological polar surface area (TPSA) is 42.0 Å². The molecule has 0 saturated heterocycles. The van der Waals surface area contributed by atoms with Crippen LogP contribution in [-0.2, 0) is 0 Å². The van der Waals surface area contributed by atoms with E-state index in [4.69, 9.17) is 0 Å². The van der Waals surface area contributed by atoms with Crippen molar-refractivity contribution in [1.82, 2.24) is 10.3 Å². The van der Waals surface area contributed by atoms with Crippen molar-refractivity contribution in [2.75, 3.05) is 6.54 Å². The Balaban J connectivity index is 2.10. The number of hydrogen-bond donors (Lipinski definition) is 1. The lowest BCUT2D eigenvalue weighted by molar-refractivity contribution is 0.0942. The molecular weight excluding hydrogens is 212 g/mol. The zero-order valence-electron chi connectivity index (χ0n) is 9.26. The number of rotatable bonds is 1. The summed E-state index contributed by atoms with van der Waals surface area (Å²) in [5, 5.41) is 2.91. The lowest BCUT2D eigenvalue weighted by Gasteiger charge is -2.25. The Hall–Kier alpha value is -2.16. The number of nitrogens with one attached hydrogen (secondary N) is 1. The molecule has 2 heterocycles. The molecule has 0 saturated carbocycles. The van der Waals surface area contributed by atoms with Gasteiger partial charge in [-0.25, -0.2) is 0 Å². The maximum absolute atomic E-state index is 11.7. The molecule has 84 valence electrons. The molecule has 0 radical (unpaired) electrons. The first-order chi connectivity index (χ1) is 8.36. The monoisotopic (exact) mass is 224 g/mol. The van der Waals surface area contributed by atoms with Gasteiger partial charge >= 0.3 is 0 Å². The van der Waals surface area contributed by atoms with Crippen molar-refractivity contribution >= 4 is 5.91 Å². The van der Waals surface area contributed by atoms with E-state index in [1.165, 1.54) is 5.56 Å². The molecule has 0 spiro atoms. The zero-order valence-corrected chi connectivity index (χ0v) is 9.26. The molecule has 17 heavy (non-hydrogen) atoms. The second-order valence-corrected chi connectivity index (χ2v) is 4.14. The van der Waals surface area contributed by atoms with E-state index in [9.17, 15) is 4.79 Å². The largest absolute Gasteiger partial charge is 0.351 e. The number of carbonyl (C=O) groups is 1. The van der Waals surface area contributed by atoms with Crippen LogP contribution in [0.5, 0.6) is 0 Å². The smallest absolute Gasteiger partial charge is 0.253 e. The second kappa shape index (κ2) is 4.01. The van der Waals surface area contributed by atoms with Crippen LogP contribution in [-0.4, -0.2) is 17.4 Å². The van der Waals surface area contributed by atoms with Gasteiger partial charge in [-0.15, -0.1) is 0 Å². The first-order valence-corrected chi connectivity index (χ1v) is 5.63. The summed E-state index contributed by atoms with van der Waals surface area (Å²) in [4.78, 5) is 15.7. The molecule has 3 nitrogen and oxygen atoms in total. The van der Waals surface area contributed by atoms with Crippen molar-refractivity contribution in [1.29, 1.82) is 0 Å². The van der Waals surface area contributed by atoms with Crippen molar-refractivity contribution in [3.05, 3.63) is 65.5 Å². The molecule has 1 atom stereocenters. The minimum Gasteiger partial charge on any atom is -0.351 e. The highest BCUT2D eigenvalue weighted by Gasteiger charge is 2.25. The van der Waals surface area contributed by atoms with Gasteiger partial charge in [-0.1, -0.05) is 30.3 Å². The van der Waals surface area contributed by atoms with E-state index in [0.717, 1.165) is 5.56 Å². The number of fused-ring (bicyclic) bond motifs is 1. The Morgan fingerprint density at radius 3 is 2.82 bits per heavy atom. The molecule has 1 aromatic heterocycles. The average Bonchev–Trinajstić information content (AvgIpc) is 2.41. The van der Waals surface area contributed by atoms with Gasteiger partial charge in [-0.2, -0.15) is 0 Å². The Morgan fingerprint density at radius 2 is 2.00 bits per heavy atom. The summed E-state index contributed by atoms with van der Waals surface area (Å²) < 4.78 is 0. The summed E-state index contributed by atoms with van der Waals surface area (Å²) in [7, 11) is 0. The number of amides is 1. The van der Waals surface area contributed by atoms with Crippen LogP contribution in [0.25, 0.3) is 0 Å². The van der Waals surface area contributed by atoms with Gasteiger partial charge in [0.15, 0.2) is 0 Å². The fourth-order valence-electron chi connectivity index (χ4n) is 2.28. The quantitative estimate of drug-likeness (QED) is 0.804. The first-order valence-electron chi connectivity index (χ1n) is 5.63. The molecule has 0 aliphatic carbocycles. The van der Waals surface area contributed by atoms with Crippen LogP contribution in [0.4, 0.5) is 0 Å². The molecule has 0 fully saturated rings. The minimum absolute atomic E-state index is 0.0275. The van der Waals surface area contributed by atoms with Crippen LogP contribution in [0.1, 0.15) is 27.4 Å². The predicted octanol–water partition coefficient (Wildman–Crippen LogP) is 1.96. The molecule has 3 rings (SSSR count). The van der Waals surface area contributed by atoms with Gasteiger partial charge in [0.1, 0.15) is 0 Å². The highest BCUT2D eigenvalue weighted by Crippen LogP contribution is 2.28. The van der Waals surface area contributed by atoms with Crippen molar-refractivity contribution < 1.29 is 4.79 Å². The normalized spacial score (nSPS) is 18.4. The van der Waals surface area contributed by atoms with Crippen LogP contribution in [0, 0.1) is 0 Å². The molecular formula is C14H12N2O. The number of benzene rings is 1. The third-order valence-corrected chi connectivity index (χ3v) is 3.14. The van der Waals surface area contributed by atoms with Crippen LogP contribution >= 0.6 is 0 Å². The molecule has 1 unspecified atom stereocenters. The second-order valence-electron chi connectivity index (χ2n) is 4.14. The van der Waals surface area contributed by atoms with E-state index in [1.807, 2.05) is 24.3 Å². The molecule has 3 heteroatoms. The van der Waals surface area contributed by atoms with Crippen LogP contribution in [0.15, 0.2) is 48.8 Å². The highest BCUT2D eigenvalue weighted by molar-refractivity contribution is 5.97. The van der Waals surface area contributed by atoms with Crippen molar-refractivity contribution in [2.24, 2.45) is 0 Å². The van der Waals surface area contributed by atoms with Gasteiger partial charge in [-0.3, -0.25) is 9.78 Å². The summed E-state index contributed by atoms with van der Waals surface area (Å²) in [5.41, 5.74) is 2.97. The minimum atomic E-state index is -0.0275. The molecule has 2 aromatic rings. The number of aromatic nitrogens is 1. The number of hydrogen-bond acceptors (Lipinski definition) is 2. The number of carbonyl (C=O) groups excluding carboxylic acids is 1. The SMILES string of the molecule is O=C1NCC(c2ccccc2)c2ccncc21. The van der Waals surface area contributed by atoms with Crippen molar-refractivity contribution in [3.63, 3.8) is 0 Å². The van der Waals surface area contributed by atoms with E-state index >= 15 is 0 Å². The third-order valence-electron chi connectivity index (χ3n) is 3.14. The van der Waals surface area contributed by atoms with Gasteiger partial charge in [0, 0.05) is 24.9 Å². The summed E-state index contributed by atoms with van der Waals surface area (Å²) in [6.07, 6.45) is 3.38. The van der Waals surface area contributed by atoms with E-state index < -0.39 is 0 Å². The molecule has 1 N–H and O–H groups in total. The Morgan fingerprint density at radius 1 is 1.18 bits per heavy atom. The summed E-state index contributed by atoms with van der Waals surface area (Å²) in [5.74, 6) is 0.201. The zero-order chi connectivity index (χ0) is 11.7. The molecule has 1 amide bonds. The molecule has 1 aliphatic rings. The molecule has 1 aromatic carbocycles. The van der Waals surface area contributed by atoms with E-state index in [-0.39, 0.29) is 11.8 Å². The first kappa shape index (κ1) is 10.0. The van der Waals surface area contributed by atoms with Crippen LogP contribution in [0.3, 0.4) is 0 Å². The van der Waals surface area contributed by atoms with Gasteiger partial charge in [0.25, 0.3) is 5.91 Å². The van der Waals surface area contributed by atoms with Gasteiger partial charge in [-0.05, 0) is 17.2 Å². The fraction of sp³-hybridized carbons (Fsp3) is 0.143. The average molecular weight is 224 g/mol. The standard InChI is InChI=1S/C14H12N2O/c17-14-13-8-15-7-6-11(13)12(9-16-14)10-4-2-1-3-5-10/h1-8,12H,9H2,(H,16,17). The fourth-order valence-corrected chi connectivity index (χ4v) is 2.28. The third kappa shape index (κ3) is 1.69. The van der Waals surface area contributed by atoms with Crippen molar-refractivity contribution in [3.8, 4) is 0 Å². The summed E-state index contributed by atoms with van der Waals surface area (Å²) in [6.45, 7) is 0.653.